The number of amides is 2. The van der Waals surface area contributed by atoms with Crippen molar-refractivity contribution >= 4 is 34.7 Å². The first-order valence-electron chi connectivity index (χ1n) is 8.71. The lowest BCUT2D eigenvalue weighted by Gasteiger charge is -2.21. The first kappa shape index (κ1) is 19.3. The monoisotopic (exact) mass is 400 g/mol. The highest BCUT2D eigenvalue weighted by molar-refractivity contribution is 7.16. The largest absolute Gasteiger partial charge is 0.489 e. The normalized spacial score (nSPS) is 10.4. The molecule has 0 aliphatic heterocycles. The first-order valence-corrected chi connectivity index (χ1v) is 9.91. The van der Waals surface area contributed by atoms with Gasteiger partial charge in [0.2, 0.25) is 0 Å². The highest BCUT2D eigenvalue weighted by Crippen LogP contribution is 2.23. The number of rotatable bonds is 7. The maximum absolute atomic E-state index is 12.7. The Morgan fingerprint density at radius 1 is 1.07 bits per heavy atom. The third kappa shape index (κ3) is 5.49. The molecular weight excluding hydrogens is 380 g/mol. The van der Waals surface area contributed by atoms with Crippen LogP contribution in [0.5, 0.6) is 5.75 Å². The van der Waals surface area contributed by atoms with Crippen molar-refractivity contribution in [3.63, 3.8) is 0 Å². The van der Waals surface area contributed by atoms with Crippen LogP contribution in [0.15, 0.2) is 66.7 Å². The van der Waals surface area contributed by atoms with Gasteiger partial charge in [0, 0.05) is 22.7 Å². The Labute approximate surface area is 168 Å². The van der Waals surface area contributed by atoms with Gasteiger partial charge in [-0.05, 0) is 37.3 Å². The van der Waals surface area contributed by atoms with Gasteiger partial charge in [0.05, 0.1) is 10.9 Å². The minimum Gasteiger partial charge on any atom is -0.489 e. The number of nitrogens with zero attached hydrogens (tertiary/aromatic N) is 1. The summed E-state index contributed by atoms with van der Waals surface area (Å²) in [7, 11) is 0. The first-order chi connectivity index (χ1) is 13.2. The molecule has 0 bridgehead atoms. The average Bonchev–Trinajstić information content (AvgIpc) is 3.11. The number of carbonyl (C=O) groups is 1. The lowest BCUT2D eigenvalue weighted by Crippen LogP contribution is -2.34. The second-order valence-electron chi connectivity index (χ2n) is 5.91. The molecule has 2 amide bonds. The number of carbonyl (C=O) groups excluding carboxylic acids is 1. The molecule has 1 N–H and O–H groups in total. The Bertz CT molecular complexity index is 883. The number of nitrogens with one attached hydrogen (secondary N) is 1. The fourth-order valence-corrected chi connectivity index (χ4v) is 3.70. The minimum atomic E-state index is -0.144. The highest BCUT2D eigenvalue weighted by atomic mass is 35.5. The third-order valence-corrected chi connectivity index (χ3v) is 5.26. The van der Waals surface area contributed by atoms with E-state index < -0.39 is 0 Å². The van der Waals surface area contributed by atoms with Crippen LogP contribution in [0, 0.1) is 0 Å². The van der Waals surface area contributed by atoms with E-state index >= 15 is 0 Å². The second-order valence-corrected chi connectivity index (χ2v) is 7.71. The number of benzene rings is 2. The van der Waals surface area contributed by atoms with Crippen LogP contribution < -0.4 is 10.1 Å². The van der Waals surface area contributed by atoms with E-state index in [1.54, 1.807) is 4.90 Å². The molecule has 3 aromatic rings. The predicted octanol–water partition coefficient (Wildman–Crippen LogP) is 6.03. The lowest BCUT2D eigenvalue weighted by atomic mass is 10.2. The summed E-state index contributed by atoms with van der Waals surface area (Å²) in [6.07, 6.45) is 0. The smallest absolute Gasteiger partial charge is 0.322 e. The molecule has 0 saturated carbocycles. The molecule has 2 aromatic carbocycles. The van der Waals surface area contributed by atoms with Crippen LogP contribution in [0.1, 0.15) is 17.4 Å². The maximum atomic E-state index is 12.7. The van der Waals surface area contributed by atoms with Crippen LogP contribution in [0.2, 0.25) is 4.34 Å². The van der Waals surface area contributed by atoms with Gasteiger partial charge in [-0.3, -0.25) is 0 Å². The number of thiophene rings is 1. The summed E-state index contributed by atoms with van der Waals surface area (Å²) in [5.74, 6) is 0.795. The Balaban J connectivity index is 1.66. The highest BCUT2D eigenvalue weighted by Gasteiger charge is 2.15. The van der Waals surface area contributed by atoms with E-state index in [2.05, 4.69) is 5.32 Å². The number of anilines is 1. The molecule has 140 valence electrons. The van der Waals surface area contributed by atoms with E-state index in [0.29, 0.717) is 19.7 Å². The Kier molecular flexibility index (Phi) is 6.74. The molecule has 4 nitrogen and oxygen atoms in total. The summed E-state index contributed by atoms with van der Waals surface area (Å²) in [6.45, 7) is 3.47. The number of para-hydroxylation sites is 2. The molecule has 1 heterocycles. The van der Waals surface area contributed by atoms with E-state index in [0.717, 1.165) is 26.2 Å². The molecule has 0 radical (unpaired) electrons. The third-order valence-electron chi connectivity index (χ3n) is 4.04. The predicted molar refractivity (Wildman–Crippen MR) is 112 cm³/mol. The van der Waals surface area contributed by atoms with Gasteiger partial charge >= 0.3 is 6.03 Å². The zero-order valence-corrected chi connectivity index (χ0v) is 16.6. The number of urea groups is 1. The quantitative estimate of drug-likeness (QED) is 0.525. The molecule has 0 fully saturated rings. The fraction of sp³-hybridized carbons (Fsp3) is 0.190. The molecule has 1 aromatic heterocycles. The molecule has 0 atom stereocenters. The van der Waals surface area contributed by atoms with Crippen molar-refractivity contribution in [2.45, 2.75) is 20.1 Å². The van der Waals surface area contributed by atoms with Gasteiger partial charge in [0.1, 0.15) is 12.4 Å². The van der Waals surface area contributed by atoms with Crippen molar-refractivity contribution in [3.8, 4) is 5.75 Å². The fourth-order valence-electron chi connectivity index (χ4n) is 2.59. The molecule has 0 unspecified atom stereocenters. The molecule has 27 heavy (non-hydrogen) atoms. The Hall–Kier alpha value is -2.50. The summed E-state index contributed by atoms with van der Waals surface area (Å²) in [5.41, 5.74) is 1.67. The summed E-state index contributed by atoms with van der Waals surface area (Å²) in [4.78, 5) is 15.5. The lowest BCUT2D eigenvalue weighted by molar-refractivity contribution is 0.212. The van der Waals surface area contributed by atoms with Crippen molar-refractivity contribution in [3.05, 3.63) is 81.5 Å². The van der Waals surface area contributed by atoms with Crippen LogP contribution in [0.4, 0.5) is 10.5 Å². The number of hydrogen-bond donors (Lipinski definition) is 1. The van der Waals surface area contributed by atoms with Gasteiger partial charge in [-0.2, -0.15) is 0 Å². The van der Waals surface area contributed by atoms with E-state index in [1.165, 1.54) is 11.3 Å². The van der Waals surface area contributed by atoms with Gasteiger partial charge in [0.15, 0.2) is 0 Å². The second kappa shape index (κ2) is 9.44. The number of ether oxygens (including phenoxy) is 1. The summed E-state index contributed by atoms with van der Waals surface area (Å²) >= 11 is 7.48. The molecule has 0 aliphatic carbocycles. The zero-order valence-electron chi connectivity index (χ0n) is 15.0. The molecule has 0 spiro atoms. The standard InChI is InChI=1S/C21H21ClN2O2S/c1-2-24(14-18-12-13-20(22)27-18)21(25)23-19-11-7-6-8-16(19)15-26-17-9-4-3-5-10-17/h3-13H,2,14-15H2,1H3,(H,23,25). The molecule has 6 heteroatoms. The van der Waals surface area contributed by atoms with Crippen LogP contribution in [0.25, 0.3) is 0 Å². The zero-order chi connectivity index (χ0) is 19.1. The summed E-state index contributed by atoms with van der Waals surface area (Å²) in [5, 5.41) is 3.00. The van der Waals surface area contributed by atoms with Crippen molar-refractivity contribution in [1.82, 2.24) is 4.90 Å². The summed E-state index contributed by atoms with van der Waals surface area (Å²) < 4.78 is 6.55. The maximum Gasteiger partial charge on any atom is 0.322 e. The van der Waals surface area contributed by atoms with Crippen molar-refractivity contribution in [2.24, 2.45) is 0 Å². The van der Waals surface area contributed by atoms with Gasteiger partial charge in [-0.1, -0.05) is 48.0 Å². The average molecular weight is 401 g/mol. The van der Waals surface area contributed by atoms with Crippen LogP contribution >= 0.6 is 22.9 Å². The van der Waals surface area contributed by atoms with E-state index in [9.17, 15) is 4.79 Å². The van der Waals surface area contributed by atoms with Crippen molar-refractivity contribution in [1.29, 1.82) is 0 Å². The van der Waals surface area contributed by atoms with E-state index in [1.807, 2.05) is 73.7 Å². The van der Waals surface area contributed by atoms with E-state index in [-0.39, 0.29) is 6.03 Å². The van der Waals surface area contributed by atoms with Gasteiger partial charge in [-0.15, -0.1) is 11.3 Å². The Morgan fingerprint density at radius 3 is 2.52 bits per heavy atom. The van der Waals surface area contributed by atoms with Crippen LogP contribution in [-0.4, -0.2) is 17.5 Å². The van der Waals surface area contributed by atoms with Gasteiger partial charge in [-0.25, -0.2) is 4.79 Å². The molecular formula is C21H21ClN2O2S. The topological polar surface area (TPSA) is 41.6 Å². The molecule has 3 rings (SSSR count). The van der Waals surface area contributed by atoms with Gasteiger partial charge < -0.3 is 15.0 Å². The van der Waals surface area contributed by atoms with E-state index in [4.69, 9.17) is 16.3 Å². The van der Waals surface area contributed by atoms with Crippen LogP contribution in [0.3, 0.4) is 0 Å². The SMILES string of the molecule is CCN(Cc1ccc(Cl)s1)C(=O)Nc1ccccc1COc1ccccc1. The molecule has 0 aliphatic rings. The van der Waals surface area contributed by atoms with Gasteiger partial charge in [0.25, 0.3) is 0 Å². The molecule has 0 saturated heterocycles. The minimum absolute atomic E-state index is 0.144. The number of halogens is 1. The van der Waals surface area contributed by atoms with Crippen molar-refractivity contribution < 1.29 is 9.53 Å². The van der Waals surface area contributed by atoms with Crippen LogP contribution in [-0.2, 0) is 13.2 Å². The number of hydrogen-bond acceptors (Lipinski definition) is 3. The summed E-state index contributed by atoms with van der Waals surface area (Å²) in [6, 6.07) is 21.0. The Morgan fingerprint density at radius 2 is 1.81 bits per heavy atom. The van der Waals surface area contributed by atoms with Crippen molar-refractivity contribution in [2.75, 3.05) is 11.9 Å².